The Balaban J connectivity index is 1.99. The van der Waals surface area contributed by atoms with Gasteiger partial charge in [-0.1, -0.05) is 25.4 Å². The Hall–Kier alpha value is -0.730. The minimum Gasteiger partial charge on any atom is -0.487 e. The summed E-state index contributed by atoms with van der Waals surface area (Å²) in [6.07, 6.45) is 4.69. The summed E-state index contributed by atoms with van der Waals surface area (Å²) < 4.78 is 6.46. The lowest BCUT2D eigenvalue weighted by Crippen LogP contribution is -2.45. The molecule has 1 aromatic carbocycles. The first-order chi connectivity index (χ1) is 9.92. The lowest BCUT2D eigenvalue weighted by atomic mass is 9.77. The molecule has 0 aliphatic heterocycles. The third kappa shape index (κ3) is 4.37. The summed E-state index contributed by atoms with van der Waals surface area (Å²) in [7, 11) is 0. The molecule has 2 rings (SSSR count). The predicted molar refractivity (Wildman–Crippen MR) is 90.5 cm³/mol. The van der Waals surface area contributed by atoms with Crippen molar-refractivity contribution in [1.29, 1.82) is 0 Å². The molecule has 1 saturated carbocycles. The van der Waals surface area contributed by atoms with Gasteiger partial charge in [-0.3, -0.25) is 0 Å². The summed E-state index contributed by atoms with van der Waals surface area (Å²) in [6.45, 7) is 10.8. The van der Waals surface area contributed by atoms with Crippen LogP contribution in [0.25, 0.3) is 0 Å². The highest BCUT2D eigenvalue weighted by Gasteiger charge is 2.39. The van der Waals surface area contributed by atoms with Gasteiger partial charge in [0.1, 0.15) is 11.4 Å². The van der Waals surface area contributed by atoms with Crippen molar-refractivity contribution in [2.75, 3.05) is 13.1 Å². The monoisotopic (exact) mass is 309 g/mol. The molecule has 0 unspecified atom stereocenters. The second-order valence-electron chi connectivity index (χ2n) is 6.86. The molecule has 118 valence electrons. The number of halogens is 1. The molecule has 1 fully saturated rings. The molecule has 2 nitrogen and oxygen atoms in total. The number of hydrogen-bond acceptors (Lipinski definition) is 2. The highest BCUT2D eigenvalue weighted by molar-refractivity contribution is 6.30. The molecule has 1 aliphatic carbocycles. The van der Waals surface area contributed by atoms with Crippen LogP contribution >= 0.6 is 11.6 Å². The first-order valence-electron chi connectivity index (χ1n) is 8.08. The zero-order valence-corrected chi connectivity index (χ0v) is 14.5. The molecule has 0 spiro atoms. The van der Waals surface area contributed by atoms with Gasteiger partial charge in [0, 0.05) is 5.02 Å². The second kappa shape index (κ2) is 7.02. The van der Waals surface area contributed by atoms with Crippen molar-refractivity contribution >= 4 is 11.6 Å². The lowest BCUT2D eigenvalue weighted by molar-refractivity contribution is -0.0154. The molecule has 0 bridgehead atoms. The summed E-state index contributed by atoms with van der Waals surface area (Å²) in [4.78, 5) is 0. The molecule has 0 atom stereocenters. The Morgan fingerprint density at radius 3 is 2.33 bits per heavy atom. The fraction of sp³-hybridized carbons (Fsp3) is 0.667. The normalized spacial score (nSPS) is 16.9. The van der Waals surface area contributed by atoms with E-state index >= 15 is 0 Å². The van der Waals surface area contributed by atoms with Crippen molar-refractivity contribution in [1.82, 2.24) is 5.32 Å². The van der Waals surface area contributed by atoms with Gasteiger partial charge in [0.05, 0.1) is 0 Å². The fourth-order valence-electron chi connectivity index (χ4n) is 2.96. The molecule has 0 heterocycles. The average Bonchev–Trinajstić information content (AvgIpc) is 2.33. The Bertz CT molecular complexity index is 457. The van der Waals surface area contributed by atoms with Gasteiger partial charge >= 0.3 is 0 Å². The highest BCUT2D eigenvalue weighted by Crippen LogP contribution is 2.41. The van der Waals surface area contributed by atoms with E-state index in [0.29, 0.717) is 5.92 Å². The molecular formula is C18H28ClNO. The maximum Gasteiger partial charge on any atom is 0.126 e. The molecule has 0 saturated heterocycles. The van der Waals surface area contributed by atoms with Crippen molar-refractivity contribution < 1.29 is 4.74 Å². The lowest BCUT2D eigenvalue weighted by Gasteiger charge is -2.43. The number of nitrogens with one attached hydrogen (secondary N) is 1. The molecule has 3 heteroatoms. The summed E-state index contributed by atoms with van der Waals surface area (Å²) in [5.41, 5.74) is 2.32. The van der Waals surface area contributed by atoms with Crippen LogP contribution < -0.4 is 10.1 Å². The van der Waals surface area contributed by atoms with E-state index in [1.807, 2.05) is 12.1 Å². The van der Waals surface area contributed by atoms with Crippen LogP contribution in [0.1, 0.15) is 50.7 Å². The Kier molecular flexibility index (Phi) is 5.56. The molecule has 1 aromatic rings. The van der Waals surface area contributed by atoms with Crippen LogP contribution in [-0.4, -0.2) is 18.7 Å². The van der Waals surface area contributed by atoms with Crippen LogP contribution in [0.3, 0.4) is 0 Å². The third-order valence-electron chi connectivity index (χ3n) is 4.32. The van der Waals surface area contributed by atoms with Gasteiger partial charge < -0.3 is 10.1 Å². The number of hydrogen-bond donors (Lipinski definition) is 1. The number of ether oxygens (including phenoxy) is 1. The minimum absolute atomic E-state index is 0.0350. The van der Waals surface area contributed by atoms with Crippen molar-refractivity contribution in [2.24, 2.45) is 5.92 Å². The van der Waals surface area contributed by atoms with E-state index in [4.69, 9.17) is 16.3 Å². The van der Waals surface area contributed by atoms with E-state index < -0.39 is 0 Å². The molecule has 0 aromatic heterocycles. The maximum atomic E-state index is 6.46. The van der Waals surface area contributed by atoms with E-state index in [9.17, 15) is 0 Å². The van der Waals surface area contributed by atoms with Gasteiger partial charge in [-0.15, -0.1) is 0 Å². The van der Waals surface area contributed by atoms with Gasteiger partial charge in [0.2, 0.25) is 0 Å². The molecule has 21 heavy (non-hydrogen) atoms. The molecule has 0 radical (unpaired) electrons. The SMILES string of the molecule is Cc1cc(Cl)cc(C)c1OC1(CCNCC(C)C)CCC1. The van der Waals surface area contributed by atoms with E-state index in [0.717, 1.165) is 54.3 Å². The van der Waals surface area contributed by atoms with Gasteiger partial charge in [-0.25, -0.2) is 0 Å². The summed E-state index contributed by atoms with van der Waals surface area (Å²) in [5, 5.41) is 4.32. The second-order valence-corrected chi connectivity index (χ2v) is 7.29. The molecule has 1 N–H and O–H groups in total. The molecule has 0 amide bonds. The van der Waals surface area contributed by atoms with E-state index in [-0.39, 0.29) is 5.60 Å². The third-order valence-corrected chi connectivity index (χ3v) is 4.54. The molecule has 1 aliphatic rings. The fourth-order valence-corrected chi connectivity index (χ4v) is 3.28. The van der Waals surface area contributed by atoms with Crippen LogP contribution in [0.4, 0.5) is 0 Å². The maximum absolute atomic E-state index is 6.46. The van der Waals surface area contributed by atoms with Crippen LogP contribution in [0, 0.1) is 19.8 Å². The van der Waals surface area contributed by atoms with E-state index in [1.54, 1.807) is 0 Å². The summed E-state index contributed by atoms with van der Waals surface area (Å²) >= 11 is 6.11. The van der Waals surface area contributed by atoms with E-state index in [1.165, 1.54) is 6.42 Å². The van der Waals surface area contributed by atoms with Gasteiger partial charge in [0.15, 0.2) is 0 Å². The Morgan fingerprint density at radius 2 is 1.86 bits per heavy atom. The topological polar surface area (TPSA) is 21.3 Å². The minimum atomic E-state index is 0.0350. The van der Waals surface area contributed by atoms with E-state index in [2.05, 4.69) is 33.0 Å². The first kappa shape index (κ1) is 16.6. The summed E-state index contributed by atoms with van der Waals surface area (Å²) in [5.74, 6) is 1.73. The quantitative estimate of drug-likeness (QED) is 0.724. The predicted octanol–water partition coefficient (Wildman–Crippen LogP) is 4.89. The Labute approximate surface area is 134 Å². The first-order valence-corrected chi connectivity index (χ1v) is 8.46. The number of benzene rings is 1. The van der Waals surface area contributed by atoms with Gasteiger partial charge in [-0.2, -0.15) is 0 Å². The van der Waals surface area contributed by atoms with Crippen LogP contribution in [0.2, 0.25) is 5.02 Å². The van der Waals surface area contributed by atoms with Crippen molar-refractivity contribution in [3.8, 4) is 5.75 Å². The van der Waals surface area contributed by atoms with Crippen molar-refractivity contribution in [2.45, 2.75) is 59.0 Å². The standard InChI is InChI=1S/C18H28ClNO/c1-13(2)12-20-9-8-18(6-5-7-18)21-17-14(3)10-16(19)11-15(17)4/h10-11,13,20H,5-9,12H2,1-4H3. The zero-order valence-electron chi connectivity index (χ0n) is 13.8. The van der Waals surface area contributed by atoms with Crippen molar-refractivity contribution in [3.63, 3.8) is 0 Å². The van der Waals surface area contributed by atoms with Crippen LogP contribution in [0.5, 0.6) is 5.75 Å². The largest absolute Gasteiger partial charge is 0.487 e. The Morgan fingerprint density at radius 1 is 1.24 bits per heavy atom. The highest BCUT2D eigenvalue weighted by atomic mass is 35.5. The van der Waals surface area contributed by atoms with Gasteiger partial charge in [0.25, 0.3) is 0 Å². The smallest absolute Gasteiger partial charge is 0.126 e. The molecular weight excluding hydrogens is 282 g/mol. The summed E-state index contributed by atoms with van der Waals surface area (Å²) in [6, 6.07) is 3.99. The van der Waals surface area contributed by atoms with Crippen LogP contribution in [0.15, 0.2) is 12.1 Å². The average molecular weight is 310 g/mol. The number of aryl methyl sites for hydroxylation is 2. The van der Waals surface area contributed by atoms with Crippen molar-refractivity contribution in [3.05, 3.63) is 28.3 Å². The zero-order chi connectivity index (χ0) is 15.5. The van der Waals surface area contributed by atoms with Crippen LogP contribution in [-0.2, 0) is 0 Å². The van der Waals surface area contributed by atoms with Gasteiger partial charge in [-0.05, 0) is 81.8 Å². The number of rotatable bonds is 7.